The average molecular weight is 88.1 g/mol. The van der Waals surface area contributed by atoms with Gasteiger partial charge in [-0.3, -0.25) is 5.21 Å². The number of hydrogen-bond donors (Lipinski definition) is 0. The highest BCUT2D eigenvalue weighted by molar-refractivity contribution is 5.97. The van der Waals surface area contributed by atoms with Gasteiger partial charge in [0.05, 0.1) is 0 Å². The Morgan fingerprint density at radius 1 is 2.00 bits per heavy atom. The summed E-state index contributed by atoms with van der Waals surface area (Å²) in [5.74, 6) is 0. The molecule has 0 bridgehead atoms. The lowest BCUT2D eigenvalue weighted by Crippen LogP contribution is -1.95. The molecule has 0 heterocycles. The molecule has 0 amide bonds. The van der Waals surface area contributed by atoms with E-state index in [-0.39, 0.29) is 4.90 Å². The first kappa shape index (κ1) is 4.49. The Hall–Kier alpha value is -0.513. The van der Waals surface area contributed by atoms with Crippen LogP contribution in [0, 0.1) is 5.21 Å². The van der Waals surface area contributed by atoms with Crippen LogP contribution in [0.2, 0.25) is 0 Å². The molecule has 27 valence electrons. The number of hydrogen-bond acceptors (Lipinski definition) is 2. The average Bonchev–Trinajstić information content (AvgIpc) is 1.38. The predicted molar refractivity (Wildman–Crippen MR) is 17.6 cm³/mol. The molecule has 0 aromatic carbocycles. The van der Waals surface area contributed by atoms with E-state index in [0.717, 1.165) is 0 Å². The Kier molecular flexibility index (Phi) is 1.59. The second-order valence-corrected chi connectivity index (χ2v) is 0.607. The van der Waals surface area contributed by atoms with Gasteiger partial charge in [-0.15, -0.1) is 0 Å². The highest BCUT2D eigenvalue weighted by Gasteiger charge is 1.63. The summed E-state index contributed by atoms with van der Waals surface area (Å²) in [5, 5.41) is 9.35. The van der Waals surface area contributed by atoms with Crippen LogP contribution in [0.5, 0.6) is 0 Å². The summed E-state index contributed by atoms with van der Waals surface area (Å²) in [6, 6.07) is 0. The van der Waals surface area contributed by atoms with E-state index in [1.54, 1.807) is 0 Å². The first-order chi connectivity index (χ1) is 2.27. The van der Waals surface area contributed by atoms with Crippen LogP contribution >= 0.6 is 0 Å². The zero-order valence-electron chi connectivity index (χ0n) is 2.47. The molecule has 0 unspecified atom stereocenters. The molecule has 0 aliphatic rings. The van der Waals surface area contributed by atoms with E-state index >= 15 is 0 Å². The summed E-state index contributed by atoms with van der Waals surface area (Å²) in [6.45, 7) is 2.76. The van der Waals surface area contributed by atoms with Gasteiger partial charge in [-0.1, -0.05) is 0 Å². The zero-order valence-corrected chi connectivity index (χ0v) is 3.47. The summed E-state index contributed by atoms with van der Waals surface area (Å²) in [6.07, 6.45) is 0. The Labute approximate surface area is 33.0 Å². The van der Waals surface area contributed by atoms with E-state index in [1.807, 2.05) is 0 Å². The molecule has 0 aromatic rings. The summed E-state index contributed by atoms with van der Waals surface area (Å²) in [7, 11) is 2.41. The van der Waals surface area contributed by atoms with Crippen LogP contribution < -0.4 is 0 Å². The Bertz CT molecular complexity index is 44.9. The van der Waals surface area contributed by atoms with Gasteiger partial charge in [0.1, 0.15) is 0 Å². The molecule has 0 saturated carbocycles. The van der Waals surface area contributed by atoms with Crippen molar-refractivity contribution in [1.29, 1.82) is 0 Å². The van der Waals surface area contributed by atoms with Gasteiger partial charge in [0.25, 0.3) is 0 Å². The quantitative estimate of drug-likeness (QED) is 0.182. The third-order valence-electron chi connectivity index (χ3n) is 0.102. The molecule has 0 aromatic heterocycles. The molecule has 0 rings (SSSR count). The molecule has 5 heavy (non-hydrogen) atoms. The molecule has 0 spiro atoms. The second-order valence-electron chi connectivity index (χ2n) is 0.424. The van der Waals surface area contributed by atoms with Gasteiger partial charge in [-0.25, -0.2) is 0 Å². The van der Waals surface area contributed by atoms with E-state index in [2.05, 4.69) is 21.7 Å². The summed E-state index contributed by atoms with van der Waals surface area (Å²) in [5.41, 5.74) is 0. The normalized spacial score (nSPS) is 6.60. The van der Waals surface area contributed by atoms with Gasteiger partial charge in [-0.05, 0) is 0 Å². The first-order valence-corrected chi connectivity index (χ1v) is 1.29. The van der Waals surface area contributed by atoms with Crippen molar-refractivity contribution in [3.8, 4) is 0 Å². The molecule has 0 saturated heterocycles. The topological polar surface area (TPSA) is 35.3 Å². The van der Waals surface area contributed by atoms with Crippen LogP contribution in [0.4, 0.5) is 0 Å². The van der Waals surface area contributed by atoms with Gasteiger partial charge < -0.3 is 4.53 Å². The fourth-order valence-electron chi connectivity index (χ4n) is 0. The Balaban J connectivity index is 2.85. The second kappa shape index (κ2) is 1.77. The minimum absolute atomic E-state index is 0.0386. The van der Waals surface area contributed by atoms with Gasteiger partial charge in [0.15, 0.2) is 6.72 Å². The third kappa shape index (κ3) is 3.49. The Morgan fingerprint density at radius 2 is 2.20 bits per heavy atom. The SMILES string of the molecule is C=[N+]([O-])O[Si]. The predicted octanol–water partition coefficient (Wildman–Crippen LogP) is -0.788. The molecule has 0 atom stereocenters. The van der Waals surface area contributed by atoms with Crippen molar-refractivity contribution < 1.29 is 9.43 Å². The van der Waals surface area contributed by atoms with Crippen molar-refractivity contribution in [2.24, 2.45) is 0 Å². The van der Waals surface area contributed by atoms with Gasteiger partial charge in [0, 0.05) is 4.90 Å². The summed E-state index contributed by atoms with van der Waals surface area (Å²) < 4.78 is 3.72. The van der Waals surface area contributed by atoms with Gasteiger partial charge in [-0.2, -0.15) is 0 Å². The molecule has 0 aliphatic heterocycles. The fourth-order valence-corrected chi connectivity index (χ4v) is 0. The van der Waals surface area contributed by atoms with Crippen LogP contribution in [-0.4, -0.2) is 22.1 Å². The maximum absolute atomic E-state index is 9.35. The molecule has 0 aliphatic carbocycles. The molecule has 3 nitrogen and oxygen atoms in total. The van der Waals surface area contributed by atoms with Crippen LogP contribution in [0.1, 0.15) is 0 Å². The Morgan fingerprint density at radius 3 is 2.20 bits per heavy atom. The lowest BCUT2D eigenvalue weighted by molar-refractivity contribution is -0.690. The molecular weight excluding hydrogens is 86.1 g/mol. The molecular formula is CH2NO2Si. The van der Waals surface area contributed by atoms with Crippen molar-refractivity contribution in [3.63, 3.8) is 0 Å². The minimum atomic E-state index is 0.0386. The molecule has 0 N–H and O–H groups in total. The largest absolute Gasteiger partial charge is 0.449 e. The zero-order chi connectivity index (χ0) is 4.28. The highest BCUT2D eigenvalue weighted by Crippen LogP contribution is 1.53. The van der Waals surface area contributed by atoms with Crippen molar-refractivity contribution in [3.05, 3.63) is 5.21 Å². The standard InChI is InChI=1S/CH2NO2Si/c1-2(3)4-5/h1H2. The summed E-state index contributed by atoms with van der Waals surface area (Å²) >= 11 is 0. The lowest BCUT2D eigenvalue weighted by atomic mass is 11.7. The van der Waals surface area contributed by atoms with E-state index < -0.39 is 0 Å². The van der Waals surface area contributed by atoms with Gasteiger partial charge >= 0.3 is 0 Å². The third-order valence-corrected chi connectivity index (χ3v) is 0.305. The van der Waals surface area contributed by atoms with Crippen molar-refractivity contribution in [1.82, 2.24) is 0 Å². The first-order valence-electron chi connectivity index (χ1n) is 0.886. The molecule has 0 fully saturated rings. The van der Waals surface area contributed by atoms with E-state index in [0.29, 0.717) is 0 Å². The van der Waals surface area contributed by atoms with Crippen LogP contribution in [-0.2, 0) is 4.53 Å². The number of rotatable bonds is 1. The maximum Gasteiger partial charge on any atom is 0.218 e. The van der Waals surface area contributed by atoms with Crippen molar-refractivity contribution in [2.45, 2.75) is 0 Å². The van der Waals surface area contributed by atoms with E-state index in [1.165, 1.54) is 0 Å². The van der Waals surface area contributed by atoms with Crippen molar-refractivity contribution >= 4 is 17.2 Å². The van der Waals surface area contributed by atoms with E-state index in [4.69, 9.17) is 0 Å². The fraction of sp³-hybridized carbons (Fsp3) is 0. The minimum Gasteiger partial charge on any atom is -0.449 e. The smallest absolute Gasteiger partial charge is 0.218 e. The van der Waals surface area contributed by atoms with Crippen LogP contribution in [0.3, 0.4) is 0 Å². The van der Waals surface area contributed by atoms with E-state index in [9.17, 15) is 5.21 Å². The monoisotopic (exact) mass is 88.0 g/mol. The molecule has 3 radical (unpaired) electrons. The number of nitrogens with zero attached hydrogens (tertiary/aromatic N) is 1. The molecule has 4 heteroatoms. The van der Waals surface area contributed by atoms with Crippen molar-refractivity contribution in [2.75, 3.05) is 0 Å². The van der Waals surface area contributed by atoms with Crippen LogP contribution in [0.15, 0.2) is 0 Å². The van der Waals surface area contributed by atoms with Crippen LogP contribution in [0.25, 0.3) is 0 Å². The summed E-state index contributed by atoms with van der Waals surface area (Å²) in [4.78, 5) is 0.0386. The maximum atomic E-state index is 9.35. The van der Waals surface area contributed by atoms with Gasteiger partial charge in [0.2, 0.25) is 10.5 Å². The highest BCUT2D eigenvalue weighted by atomic mass is 28.2. The lowest BCUT2D eigenvalue weighted by Gasteiger charge is -1.88.